The van der Waals surface area contributed by atoms with Gasteiger partial charge in [-0.1, -0.05) is 24.3 Å². The van der Waals surface area contributed by atoms with E-state index < -0.39 is 0 Å². The van der Waals surface area contributed by atoms with Crippen LogP contribution in [0.25, 0.3) is 0 Å². The van der Waals surface area contributed by atoms with Crippen molar-refractivity contribution < 1.29 is 14.9 Å². The molecule has 2 aromatic carbocycles. The normalized spacial score (nSPS) is 10.0. The Morgan fingerprint density at radius 2 is 1.62 bits per heavy atom. The zero-order valence-corrected chi connectivity index (χ0v) is 8.63. The van der Waals surface area contributed by atoms with Crippen molar-refractivity contribution in [1.29, 1.82) is 0 Å². The number of aromatic hydroxyl groups is 2. The molecule has 0 heterocycles. The highest BCUT2D eigenvalue weighted by Gasteiger charge is 2.01. The summed E-state index contributed by atoms with van der Waals surface area (Å²) >= 11 is 0. The molecule has 3 nitrogen and oxygen atoms in total. The van der Waals surface area contributed by atoms with Crippen LogP contribution in [-0.2, 0) is 6.61 Å². The first-order valence-corrected chi connectivity index (χ1v) is 4.94. The van der Waals surface area contributed by atoms with Crippen molar-refractivity contribution in [3.8, 4) is 17.2 Å². The van der Waals surface area contributed by atoms with Gasteiger partial charge in [0.1, 0.15) is 12.4 Å². The third-order valence-electron chi connectivity index (χ3n) is 2.19. The lowest BCUT2D eigenvalue weighted by atomic mass is 10.2. The van der Waals surface area contributed by atoms with E-state index in [0.717, 1.165) is 11.3 Å². The van der Waals surface area contributed by atoms with Crippen LogP contribution in [0.1, 0.15) is 5.56 Å². The van der Waals surface area contributed by atoms with Gasteiger partial charge < -0.3 is 14.9 Å². The van der Waals surface area contributed by atoms with Gasteiger partial charge in [0, 0.05) is 0 Å². The maximum absolute atomic E-state index is 9.29. The fraction of sp³-hybridized carbons (Fsp3) is 0.0769. The van der Waals surface area contributed by atoms with Crippen molar-refractivity contribution in [2.45, 2.75) is 6.61 Å². The van der Waals surface area contributed by atoms with Gasteiger partial charge >= 0.3 is 0 Å². The van der Waals surface area contributed by atoms with Crippen LogP contribution in [0.2, 0.25) is 0 Å². The third kappa shape index (κ3) is 2.45. The maximum atomic E-state index is 9.29. The van der Waals surface area contributed by atoms with E-state index >= 15 is 0 Å². The summed E-state index contributed by atoms with van der Waals surface area (Å²) in [7, 11) is 0. The van der Waals surface area contributed by atoms with E-state index in [4.69, 9.17) is 9.84 Å². The lowest BCUT2D eigenvalue weighted by Gasteiger charge is -2.06. The summed E-state index contributed by atoms with van der Waals surface area (Å²) in [5, 5.41) is 18.4. The quantitative estimate of drug-likeness (QED) is 0.775. The molecule has 2 aromatic rings. The Morgan fingerprint density at radius 1 is 0.875 bits per heavy atom. The molecule has 0 aliphatic carbocycles. The molecular formula is C13H12O3. The number of hydrogen-bond acceptors (Lipinski definition) is 3. The van der Waals surface area contributed by atoms with Crippen LogP contribution in [0.5, 0.6) is 17.2 Å². The van der Waals surface area contributed by atoms with E-state index in [-0.39, 0.29) is 11.5 Å². The van der Waals surface area contributed by atoms with Gasteiger partial charge in [0.25, 0.3) is 0 Å². The van der Waals surface area contributed by atoms with Crippen molar-refractivity contribution in [1.82, 2.24) is 0 Å². The molecule has 0 atom stereocenters. The standard InChI is InChI=1S/C13H12O3/c14-12-7-6-10(8-13(12)15)9-16-11-4-2-1-3-5-11/h1-8,14-15H,9H2. The number of rotatable bonds is 3. The monoisotopic (exact) mass is 216 g/mol. The predicted octanol–water partition coefficient (Wildman–Crippen LogP) is 2.68. The topological polar surface area (TPSA) is 49.7 Å². The first kappa shape index (κ1) is 10.4. The van der Waals surface area contributed by atoms with Gasteiger partial charge in [0.2, 0.25) is 0 Å². The van der Waals surface area contributed by atoms with Crippen molar-refractivity contribution in [3.05, 3.63) is 54.1 Å². The Balaban J connectivity index is 2.03. The first-order valence-electron chi connectivity index (χ1n) is 4.94. The van der Waals surface area contributed by atoms with Crippen molar-refractivity contribution in [3.63, 3.8) is 0 Å². The third-order valence-corrected chi connectivity index (χ3v) is 2.19. The SMILES string of the molecule is Oc1ccc(COc2ccccc2)cc1O. The number of phenolic OH excluding ortho intramolecular Hbond substituents is 2. The predicted molar refractivity (Wildman–Crippen MR) is 60.5 cm³/mol. The molecule has 0 fully saturated rings. The summed E-state index contributed by atoms with van der Waals surface area (Å²) in [5.41, 5.74) is 0.805. The van der Waals surface area contributed by atoms with Crippen LogP contribution in [0, 0.1) is 0 Å². The molecule has 0 saturated carbocycles. The molecule has 0 aliphatic heterocycles. The van der Waals surface area contributed by atoms with Crippen LogP contribution >= 0.6 is 0 Å². The minimum absolute atomic E-state index is 0.122. The highest BCUT2D eigenvalue weighted by Crippen LogP contribution is 2.25. The molecule has 0 aliphatic rings. The number of phenols is 2. The van der Waals surface area contributed by atoms with Crippen molar-refractivity contribution in [2.24, 2.45) is 0 Å². The molecule has 2 N–H and O–H groups in total. The molecule has 16 heavy (non-hydrogen) atoms. The average molecular weight is 216 g/mol. The minimum atomic E-state index is -0.130. The lowest BCUT2D eigenvalue weighted by molar-refractivity contribution is 0.305. The fourth-order valence-electron chi connectivity index (χ4n) is 1.34. The zero-order chi connectivity index (χ0) is 11.4. The Bertz CT molecular complexity index is 466. The number of ether oxygens (including phenoxy) is 1. The van der Waals surface area contributed by atoms with Gasteiger partial charge in [-0.25, -0.2) is 0 Å². The minimum Gasteiger partial charge on any atom is -0.504 e. The van der Waals surface area contributed by atoms with Crippen LogP contribution in [0.4, 0.5) is 0 Å². The number of para-hydroxylation sites is 1. The molecule has 3 heteroatoms. The first-order chi connectivity index (χ1) is 7.75. The largest absolute Gasteiger partial charge is 0.504 e. The van der Waals surface area contributed by atoms with Crippen LogP contribution < -0.4 is 4.74 Å². The molecule has 0 bridgehead atoms. The Morgan fingerprint density at radius 3 is 2.31 bits per heavy atom. The van der Waals surface area contributed by atoms with Crippen LogP contribution in [0.15, 0.2) is 48.5 Å². The van der Waals surface area contributed by atoms with E-state index in [2.05, 4.69) is 0 Å². The summed E-state index contributed by atoms with van der Waals surface area (Å²) in [6.45, 7) is 0.359. The molecule has 0 unspecified atom stereocenters. The Hall–Kier alpha value is -2.16. The van der Waals surface area contributed by atoms with E-state index in [1.54, 1.807) is 6.07 Å². The van der Waals surface area contributed by atoms with Gasteiger partial charge in [-0.3, -0.25) is 0 Å². The zero-order valence-electron chi connectivity index (χ0n) is 8.63. The highest BCUT2D eigenvalue weighted by atomic mass is 16.5. The molecule has 2 rings (SSSR count). The van der Waals surface area contributed by atoms with Gasteiger partial charge in [0.05, 0.1) is 0 Å². The van der Waals surface area contributed by atoms with Crippen molar-refractivity contribution in [2.75, 3.05) is 0 Å². The van der Waals surface area contributed by atoms with Crippen LogP contribution in [0.3, 0.4) is 0 Å². The van der Waals surface area contributed by atoms with Gasteiger partial charge in [-0.05, 0) is 29.8 Å². The second-order valence-electron chi connectivity index (χ2n) is 3.42. The molecule has 0 saturated heterocycles. The lowest BCUT2D eigenvalue weighted by Crippen LogP contribution is -1.94. The summed E-state index contributed by atoms with van der Waals surface area (Å²) in [6.07, 6.45) is 0. The highest BCUT2D eigenvalue weighted by molar-refractivity contribution is 5.40. The van der Waals surface area contributed by atoms with Crippen LogP contribution in [-0.4, -0.2) is 10.2 Å². The van der Waals surface area contributed by atoms with Gasteiger partial charge in [-0.15, -0.1) is 0 Å². The number of benzene rings is 2. The Kier molecular flexibility index (Phi) is 2.96. The van der Waals surface area contributed by atoms with E-state index in [0.29, 0.717) is 6.61 Å². The van der Waals surface area contributed by atoms with E-state index in [1.165, 1.54) is 12.1 Å². The second kappa shape index (κ2) is 4.57. The molecule has 0 spiro atoms. The Labute approximate surface area is 93.6 Å². The molecule has 0 radical (unpaired) electrons. The van der Waals surface area contributed by atoms with Gasteiger partial charge in [-0.2, -0.15) is 0 Å². The second-order valence-corrected chi connectivity index (χ2v) is 3.42. The molecule has 0 aromatic heterocycles. The molecular weight excluding hydrogens is 204 g/mol. The maximum Gasteiger partial charge on any atom is 0.157 e. The van der Waals surface area contributed by atoms with E-state index in [9.17, 15) is 5.11 Å². The molecule has 0 amide bonds. The summed E-state index contributed by atoms with van der Waals surface area (Å²) < 4.78 is 5.49. The summed E-state index contributed by atoms with van der Waals surface area (Å²) in [5.74, 6) is 0.521. The van der Waals surface area contributed by atoms with Crippen molar-refractivity contribution >= 4 is 0 Å². The smallest absolute Gasteiger partial charge is 0.157 e. The fourth-order valence-corrected chi connectivity index (χ4v) is 1.34. The summed E-state index contributed by atoms with van der Waals surface area (Å²) in [4.78, 5) is 0. The van der Waals surface area contributed by atoms with E-state index in [1.807, 2.05) is 30.3 Å². The summed E-state index contributed by atoms with van der Waals surface area (Å²) in [6, 6.07) is 14.1. The number of hydrogen-bond donors (Lipinski definition) is 2. The van der Waals surface area contributed by atoms with Gasteiger partial charge in [0.15, 0.2) is 11.5 Å². The molecule has 82 valence electrons. The average Bonchev–Trinajstić information content (AvgIpc) is 2.32.